The molecule has 0 saturated carbocycles. The lowest BCUT2D eigenvalue weighted by molar-refractivity contribution is -0.118. The third-order valence-electron chi connectivity index (χ3n) is 4.92. The molecule has 3 rings (SSSR count). The van der Waals surface area contributed by atoms with Gasteiger partial charge in [0.25, 0.3) is 11.8 Å². The van der Waals surface area contributed by atoms with Gasteiger partial charge >= 0.3 is 0 Å². The van der Waals surface area contributed by atoms with Gasteiger partial charge in [0.2, 0.25) is 0 Å². The number of nitrogens with one attached hydrogen (secondary N) is 2. The number of rotatable bonds is 12. The zero-order valence-electron chi connectivity index (χ0n) is 20.7. The number of hydrogen-bond donors (Lipinski definition) is 2. The van der Waals surface area contributed by atoms with Gasteiger partial charge in [0.1, 0.15) is 0 Å². The summed E-state index contributed by atoms with van der Waals surface area (Å²) in [5.74, 6) is 1.22. The highest BCUT2D eigenvalue weighted by Crippen LogP contribution is 2.33. The number of para-hydroxylation sites is 1. The summed E-state index contributed by atoms with van der Waals surface area (Å²) in [6, 6.07) is 17.6. The van der Waals surface area contributed by atoms with Crippen LogP contribution in [-0.2, 0) is 4.79 Å². The molecule has 0 aliphatic rings. The van der Waals surface area contributed by atoms with Crippen LogP contribution in [0.5, 0.6) is 23.0 Å². The summed E-state index contributed by atoms with van der Waals surface area (Å²) in [7, 11) is 3.03. The number of ether oxygens (including phenoxy) is 4. The van der Waals surface area contributed by atoms with Crippen molar-refractivity contribution >= 4 is 46.3 Å². The first kappa shape index (κ1) is 27.8. The van der Waals surface area contributed by atoms with Gasteiger partial charge in [0, 0.05) is 11.3 Å². The quantitative estimate of drug-likeness (QED) is 0.171. The molecule has 9 nitrogen and oxygen atoms in total. The predicted molar refractivity (Wildman–Crippen MR) is 150 cm³/mol. The number of methoxy groups -OCH3 is 2. The van der Waals surface area contributed by atoms with Crippen LogP contribution in [0, 0.1) is 3.57 Å². The lowest BCUT2D eigenvalue weighted by Crippen LogP contribution is -2.20. The second kappa shape index (κ2) is 14.1. The zero-order valence-corrected chi connectivity index (χ0v) is 22.9. The van der Waals surface area contributed by atoms with Gasteiger partial charge in [0.05, 0.1) is 30.6 Å². The Hall–Kier alpha value is -3.80. The van der Waals surface area contributed by atoms with Crippen LogP contribution in [0.2, 0.25) is 0 Å². The van der Waals surface area contributed by atoms with Crippen LogP contribution in [-0.4, -0.2) is 45.5 Å². The lowest BCUT2D eigenvalue weighted by atomic mass is 10.2. The molecule has 0 aromatic heterocycles. The number of halogens is 1. The number of nitrogens with zero attached hydrogens (tertiary/aromatic N) is 1. The molecule has 3 aromatic rings. The van der Waals surface area contributed by atoms with E-state index in [2.05, 4.69) is 38.4 Å². The molecule has 0 atom stereocenters. The maximum Gasteiger partial charge on any atom is 0.271 e. The molecule has 0 unspecified atom stereocenters. The number of carbonyl (C=O) groups excluding carboxylic acids is 2. The fourth-order valence-electron chi connectivity index (χ4n) is 3.18. The Balaban J connectivity index is 1.62. The molecule has 2 N–H and O–H groups in total. The molecule has 37 heavy (non-hydrogen) atoms. The van der Waals surface area contributed by atoms with Gasteiger partial charge in [-0.15, -0.1) is 0 Å². The Morgan fingerprint density at radius 2 is 1.70 bits per heavy atom. The summed E-state index contributed by atoms with van der Waals surface area (Å²) in [4.78, 5) is 24.8. The molecule has 0 aliphatic carbocycles. The average molecular weight is 617 g/mol. The zero-order chi connectivity index (χ0) is 26.6. The number of carbonyl (C=O) groups is 2. The number of anilines is 1. The minimum atomic E-state index is -0.400. The van der Waals surface area contributed by atoms with Crippen LogP contribution >= 0.6 is 22.6 Å². The van der Waals surface area contributed by atoms with E-state index in [0.717, 1.165) is 6.42 Å². The third-order valence-corrected chi connectivity index (χ3v) is 5.73. The predicted octanol–water partition coefficient (Wildman–Crippen LogP) is 4.88. The molecular formula is C27H28IN3O6. The Morgan fingerprint density at radius 1 is 0.946 bits per heavy atom. The number of amides is 2. The van der Waals surface area contributed by atoms with Crippen LogP contribution in [0.1, 0.15) is 29.3 Å². The number of hydrazone groups is 1. The second-order valence-corrected chi connectivity index (χ2v) is 8.81. The summed E-state index contributed by atoms with van der Waals surface area (Å²) >= 11 is 2.09. The molecule has 2 amide bonds. The molecule has 0 saturated heterocycles. The van der Waals surface area contributed by atoms with Crippen molar-refractivity contribution in [2.24, 2.45) is 5.10 Å². The van der Waals surface area contributed by atoms with E-state index in [1.54, 1.807) is 42.5 Å². The van der Waals surface area contributed by atoms with Gasteiger partial charge < -0.3 is 24.3 Å². The topological polar surface area (TPSA) is 107 Å². The molecular weight excluding hydrogens is 589 g/mol. The average Bonchev–Trinajstić information content (AvgIpc) is 2.91. The Bertz CT molecular complexity index is 1250. The van der Waals surface area contributed by atoms with E-state index in [-0.39, 0.29) is 12.5 Å². The molecule has 0 heterocycles. The minimum absolute atomic E-state index is 0.184. The highest BCUT2D eigenvalue weighted by atomic mass is 127. The first-order valence-electron chi connectivity index (χ1n) is 11.4. The molecule has 3 aromatic carbocycles. The normalized spacial score (nSPS) is 10.6. The summed E-state index contributed by atoms with van der Waals surface area (Å²) in [6.45, 7) is 2.38. The largest absolute Gasteiger partial charge is 0.493 e. The fourth-order valence-corrected chi connectivity index (χ4v) is 3.96. The Kier molecular flexibility index (Phi) is 10.6. The maximum atomic E-state index is 12.5. The van der Waals surface area contributed by atoms with Gasteiger partial charge in [-0.2, -0.15) is 5.10 Å². The van der Waals surface area contributed by atoms with E-state index in [1.165, 1.54) is 20.4 Å². The van der Waals surface area contributed by atoms with Gasteiger partial charge in [-0.1, -0.05) is 25.1 Å². The first-order chi connectivity index (χ1) is 17.9. The molecule has 0 bridgehead atoms. The number of benzene rings is 3. The monoisotopic (exact) mass is 617 g/mol. The van der Waals surface area contributed by atoms with Crippen LogP contribution < -0.4 is 29.7 Å². The van der Waals surface area contributed by atoms with Crippen LogP contribution in [0.15, 0.2) is 65.8 Å². The second-order valence-electron chi connectivity index (χ2n) is 7.65. The van der Waals surface area contributed by atoms with Crippen molar-refractivity contribution < 1.29 is 28.5 Å². The van der Waals surface area contributed by atoms with Crippen molar-refractivity contribution in [2.45, 2.75) is 13.3 Å². The SMILES string of the molecule is CCCOc1ccc(C(=O)N/N=C/c2cc(I)c(OCC(=O)Nc3ccccc3)c(OC)c2)cc1OC. The van der Waals surface area contributed by atoms with Crippen LogP contribution in [0.4, 0.5) is 5.69 Å². The molecule has 0 spiro atoms. The third kappa shape index (κ3) is 8.10. The van der Waals surface area contributed by atoms with Crippen molar-refractivity contribution in [1.82, 2.24) is 5.43 Å². The van der Waals surface area contributed by atoms with Gasteiger partial charge in [-0.25, -0.2) is 5.43 Å². The van der Waals surface area contributed by atoms with E-state index in [4.69, 9.17) is 18.9 Å². The van der Waals surface area contributed by atoms with E-state index < -0.39 is 5.91 Å². The Morgan fingerprint density at radius 3 is 2.41 bits per heavy atom. The smallest absolute Gasteiger partial charge is 0.271 e. The standard InChI is InChI=1S/C27H28IN3O6/c1-4-12-36-22-11-10-19(15-23(22)34-2)27(33)31-29-16-18-13-21(28)26(24(14-18)35-3)37-17-25(32)30-20-8-6-5-7-9-20/h5-11,13-16H,4,12,17H2,1-3H3,(H,30,32)(H,31,33)/b29-16+. The van der Waals surface area contributed by atoms with Crippen molar-refractivity contribution in [3.8, 4) is 23.0 Å². The first-order valence-corrected chi connectivity index (χ1v) is 12.5. The highest BCUT2D eigenvalue weighted by Gasteiger charge is 2.14. The highest BCUT2D eigenvalue weighted by molar-refractivity contribution is 14.1. The summed E-state index contributed by atoms with van der Waals surface area (Å²) in [5.41, 5.74) is 4.24. The summed E-state index contributed by atoms with van der Waals surface area (Å²) in [6.07, 6.45) is 2.35. The fraction of sp³-hybridized carbons (Fsp3) is 0.222. The molecule has 10 heteroatoms. The van der Waals surface area contributed by atoms with Gasteiger partial charge in [0.15, 0.2) is 29.6 Å². The molecule has 0 radical (unpaired) electrons. The maximum absolute atomic E-state index is 12.5. The lowest BCUT2D eigenvalue weighted by Gasteiger charge is -2.13. The van der Waals surface area contributed by atoms with E-state index >= 15 is 0 Å². The van der Waals surface area contributed by atoms with E-state index in [9.17, 15) is 9.59 Å². The van der Waals surface area contributed by atoms with Crippen LogP contribution in [0.3, 0.4) is 0 Å². The van der Waals surface area contributed by atoms with Crippen molar-refractivity contribution in [3.05, 3.63) is 75.4 Å². The number of hydrogen-bond acceptors (Lipinski definition) is 7. The van der Waals surface area contributed by atoms with E-state index in [0.29, 0.717) is 50.0 Å². The summed E-state index contributed by atoms with van der Waals surface area (Å²) < 4.78 is 22.8. The van der Waals surface area contributed by atoms with Crippen molar-refractivity contribution in [3.63, 3.8) is 0 Å². The summed E-state index contributed by atoms with van der Waals surface area (Å²) in [5, 5.41) is 6.82. The minimum Gasteiger partial charge on any atom is -0.493 e. The Labute approximate surface area is 229 Å². The molecule has 0 aliphatic heterocycles. The van der Waals surface area contributed by atoms with Crippen molar-refractivity contribution in [1.29, 1.82) is 0 Å². The molecule has 0 fully saturated rings. The van der Waals surface area contributed by atoms with Crippen molar-refractivity contribution in [2.75, 3.05) is 32.8 Å². The van der Waals surface area contributed by atoms with Crippen LogP contribution in [0.25, 0.3) is 0 Å². The van der Waals surface area contributed by atoms with E-state index in [1.807, 2.05) is 25.1 Å². The van der Waals surface area contributed by atoms with Gasteiger partial charge in [-0.05, 0) is 77.0 Å². The molecule has 194 valence electrons. The van der Waals surface area contributed by atoms with Gasteiger partial charge in [-0.3, -0.25) is 9.59 Å².